The van der Waals surface area contributed by atoms with Crippen LogP contribution >= 0.6 is 0 Å². The minimum Gasteiger partial charge on any atom is -0.391 e. The largest absolute Gasteiger partial charge is 0.391 e. The predicted molar refractivity (Wildman–Crippen MR) is 138 cm³/mol. The first kappa shape index (κ1) is 28.7. The molecule has 1 aromatic carbocycles. The van der Waals surface area contributed by atoms with Gasteiger partial charge in [-0.05, 0) is 23.1 Å². The monoisotopic (exact) mass is 527 g/mol. The highest BCUT2D eigenvalue weighted by atomic mass is 19.1. The van der Waals surface area contributed by atoms with Gasteiger partial charge in [-0.25, -0.2) is 4.39 Å². The SMILES string of the molecule is CC(=O)N[C@H](C(=O)N1C[C@H](O)C[C@H]1C(=O)N[C@H](Cc1ccc(-c2ccc(F)cn2)cc1)C(N)=O)C(C)(C)C. The summed E-state index contributed by atoms with van der Waals surface area (Å²) < 4.78 is 13.1. The number of nitrogens with one attached hydrogen (secondary N) is 2. The van der Waals surface area contributed by atoms with E-state index in [1.807, 2.05) is 0 Å². The lowest BCUT2D eigenvalue weighted by molar-refractivity contribution is -0.144. The van der Waals surface area contributed by atoms with Crippen LogP contribution in [0.3, 0.4) is 0 Å². The van der Waals surface area contributed by atoms with E-state index in [1.54, 1.807) is 51.1 Å². The van der Waals surface area contributed by atoms with Crippen LogP contribution in [0.5, 0.6) is 0 Å². The van der Waals surface area contributed by atoms with Crippen molar-refractivity contribution in [3.63, 3.8) is 0 Å². The molecule has 4 amide bonds. The fraction of sp³-hybridized carbons (Fsp3) is 0.444. The van der Waals surface area contributed by atoms with Crippen LogP contribution in [0.2, 0.25) is 0 Å². The molecule has 3 rings (SSSR count). The highest BCUT2D eigenvalue weighted by molar-refractivity contribution is 5.94. The smallest absolute Gasteiger partial charge is 0.246 e. The number of carbonyl (C=O) groups excluding carboxylic acids is 4. The number of nitrogens with zero attached hydrogens (tertiary/aromatic N) is 2. The molecule has 11 heteroatoms. The number of hydrogen-bond donors (Lipinski definition) is 4. The number of amides is 4. The third kappa shape index (κ3) is 7.12. The molecule has 1 fully saturated rings. The van der Waals surface area contributed by atoms with Crippen molar-refractivity contribution < 1.29 is 28.7 Å². The standard InChI is InChI=1S/C27H34FN5O5/c1-15(34)31-23(27(2,3)4)26(38)33-14-19(35)12-22(33)25(37)32-21(24(29)36)11-16-5-7-17(8-6-16)20-10-9-18(28)13-30-20/h5-10,13,19,21-23,35H,11-12,14H2,1-4H3,(H2,29,36)(H,31,34)(H,32,37)/t19-,21-,22+,23-/m1/s1. The van der Waals surface area contributed by atoms with Gasteiger partial charge in [-0.3, -0.25) is 24.2 Å². The molecule has 1 aliphatic heterocycles. The molecule has 0 radical (unpaired) electrons. The van der Waals surface area contributed by atoms with Crippen molar-refractivity contribution in [2.24, 2.45) is 11.1 Å². The van der Waals surface area contributed by atoms with E-state index >= 15 is 0 Å². The van der Waals surface area contributed by atoms with Crippen LogP contribution in [0.4, 0.5) is 4.39 Å². The maximum absolute atomic E-state index is 13.4. The maximum Gasteiger partial charge on any atom is 0.246 e. The molecule has 0 unspecified atom stereocenters. The number of benzene rings is 1. The lowest BCUT2D eigenvalue weighted by Crippen LogP contribution is -2.58. The van der Waals surface area contributed by atoms with Gasteiger partial charge >= 0.3 is 0 Å². The average Bonchev–Trinajstić information content (AvgIpc) is 3.23. The molecule has 0 bridgehead atoms. The first-order valence-electron chi connectivity index (χ1n) is 12.3. The van der Waals surface area contributed by atoms with Crippen LogP contribution in [0.15, 0.2) is 42.6 Å². The topological polar surface area (TPSA) is 155 Å². The van der Waals surface area contributed by atoms with E-state index in [-0.39, 0.29) is 19.4 Å². The predicted octanol–water partition coefficient (Wildman–Crippen LogP) is 0.913. The number of aromatic nitrogens is 1. The zero-order chi connectivity index (χ0) is 28.2. The van der Waals surface area contributed by atoms with Gasteiger partial charge in [0, 0.05) is 31.9 Å². The molecular formula is C27H34FN5O5. The summed E-state index contributed by atoms with van der Waals surface area (Å²) in [5.74, 6) is -2.71. The van der Waals surface area contributed by atoms with E-state index < -0.39 is 59.1 Å². The van der Waals surface area contributed by atoms with E-state index in [0.717, 1.165) is 11.8 Å². The van der Waals surface area contributed by atoms with Crippen LogP contribution in [0.25, 0.3) is 11.3 Å². The van der Waals surface area contributed by atoms with E-state index in [0.29, 0.717) is 11.3 Å². The molecule has 1 aromatic heterocycles. The van der Waals surface area contributed by atoms with Crippen LogP contribution in [-0.2, 0) is 25.6 Å². The molecule has 1 saturated heterocycles. The van der Waals surface area contributed by atoms with Crippen LogP contribution in [0, 0.1) is 11.2 Å². The van der Waals surface area contributed by atoms with Gasteiger partial charge in [0.25, 0.3) is 0 Å². The van der Waals surface area contributed by atoms with E-state index in [4.69, 9.17) is 5.73 Å². The molecule has 0 aliphatic carbocycles. The molecule has 5 N–H and O–H groups in total. The summed E-state index contributed by atoms with van der Waals surface area (Å²) in [7, 11) is 0. The second kappa shape index (κ2) is 11.7. The summed E-state index contributed by atoms with van der Waals surface area (Å²) in [6.07, 6.45) is 0.264. The van der Waals surface area contributed by atoms with Crippen LogP contribution < -0.4 is 16.4 Å². The number of aliphatic hydroxyl groups excluding tert-OH is 1. The molecule has 2 aromatic rings. The van der Waals surface area contributed by atoms with Crippen molar-refractivity contribution in [3.05, 3.63) is 54.0 Å². The van der Waals surface area contributed by atoms with Gasteiger partial charge in [-0.1, -0.05) is 45.0 Å². The number of nitrogens with two attached hydrogens (primary N) is 1. The van der Waals surface area contributed by atoms with Crippen molar-refractivity contribution >= 4 is 23.6 Å². The van der Waals surface area contributed by atoms with E-state index in [9.17, 15) is 28.7 Å². The normalized spacial score (nSPS) is 18.9. The first-order valence-corrected chi connectivity index (χ1v) is 12.3. The molecule has 0 spiro atoms. The van der Waals surface area contributed by atoms with Crippen molar-refractivity contribution in [1.29, 1.82) is 0 Å². The summed E-state index contributed by atoms with van der Waals surface area (Å²) in [5, 5.41) is 15.5. The number of β-amino-alcohol motifs (C(OH)–C–C–N with tert-alkyl or cyclic N) is 1. The van der Waals surface area contributed by atoms with Gasteiger partial charge in [-0.15, -0.1) is 0 Å². The number of aliphatic hydroxyl groups is 1. The zero-order valence-electron chi connectivity index (χ0n) is 21.9. The van der Waals surface area contributed by atoms with Gasteiger partial charge in [-0.2, -0.15) is 0 Å². The summed E-state index contributed by atoms with van der Waals surface area (Å²) in [4.78, 5) is 55.8. The fourth-order valence-electron chi connectivity index (χ4n) is 4.41. The molecule has 2 heterocycles. The molecule has 4 atom stereocenters. The van der Waals surface area contributed by atoms with Gasteiger partial charge in [0.2, 0.25) is 23.6 Å². The summed E-state index contributed by atoms with van der Waals surface area (Å²) >= 11 is 0. The van der Waals surface area contributed by atoms with Crippen molar-refractivity contribution in [2.45, 2.75) is 64.8 Å². The Morgan fingerprint density at radius 1 is 1.13 bits per heavy atom. The van der Waals surface area contributed by atoms with Gasteiger partial charge in [0.1, 0.15) is 23.9 Å². The Kier molecular flexibility index (Phi) is 8.82. The Labute approximate surface area is 220 Å². The minimum atomic E-state index is -1.07. The molecule has 1 aliphatic rings. The zero-order valence-corrected chi connectivity index (χ0v) is 21.9. The summed E-state index contributed by atoms with van der Waals surface area (Å²) in [6, 6.07) is 6.86. The minimum absolute atomic E-state index is 0.0145. The number of rotatable bonds is 8. The fourth-order valence-corrected chi connectivity index (χ4v) is 4.41. The molecule has 10 nitrogen and oxygen atoms in total. The average molecular weight is 528 g/mol. The van der Waals surface area contributed by atoms with Crippen molar-refractivity contribution in [1.82, 2.24) is 20.5 Å². The number of hydrogen-bond acceptors (Lipinski definition) is 6. The lowest BCUT2D eigenvalue weighted by atomic mass is 9.85. The Morgan fingerprint density at radius 3 is 2.32 bits per heavy atom. The highest BCUT2D eigenvalue weighted by Gasteiger charge is 2.44. The number of halogens is 1. The Morgan fingerprint density at radius 2 is 1.79 bits per heavy atom. The Hall–Kier alpha value is -3.86. The van der Waals surface area contributed by atoms with Gasteiger partial charge in [0.05, 0.1) is 18.0 Å². The van der Waals surface area contributed by atoms with Gasteiger partial charge in [0.15, 0.2) is 0 Å². The van der Waals surface area contributed by atoms with Crippen LogP contribution in [0.1, 0.15) is 39.7 Å². The lowest BCUT2D eigenvalue weighted by Gasteiger charge is -2.35. The Bertz CT molecular complexity index is 1180. The highest BCUT2D eigenvalue weighted by Crippen LogP contribution is 2.26. The quantitative estimate of drug-likeness (QED) is 0.400. The van der Waals surface area contributed by atoms with E-state index in [1.165, 1.54) is 17.9 Å². The second-order valence-corrected chi connectivity index (χ2v) is 10.6. The summed E-state index contributed by atoms with van der Waals surface area (Å²) in [5.41, 5.74) is 6.95. The van der Waals surface area contributed by atoms with Gasteiger partial charge < -0.3 is 26.4 Å². The molecular weight excluding hydrogens is 493 g/mol. The number of carbonyl (C=O) groups is 4. The third-order valence-electron chi connectivity index (χ3n) is 6.40. The number of pyridine rings is 1. The van der Waals surface area contributed by atoms with Crippen molar-refractivity contribution in [2.75, 3.05) is 6.54 Å². The Balaban J connectivity index is 1.73. The second-order valence-electron chi connectivity index (χ2n) is 10.6. The third-order valence-corrected chi connectivity index (χ3v) is 6.40. The van der Waals surface area contributed by atoms with Crippen LogP contribution in [-0.4, -0.2) is 69.4 Å². The molecule has 204 valence electrons. The number of likely N-dealkylation sites (tertiary alicyclic amines) is 1. The molecule has 0 saturated carbocycles. The maximum atomic E-state index is 13.4. The number of primary amides is 1. The summed E-state index contributed by atoms with van der Waals surface area (Å²) in [6.45, 7) is 6.58. The molecule has 38 heavy (non-hydrogen) atoms. The van der Waals surface area contributed by atoms with E-state index in [2.05, 4.69) is 15.6 Å². The van der Waals surface area contributed by atoms with Crippen molar-refractivity contribution in [3.8, 4) is 11.3 Å². The first-order chi connectivity index (χ1) is 17.8.